The van der Waals surface area contributed by atoms with Crippen LogP contribution in [0, 0.1) is 0 Å². The summed E-state index contributed by atoms with van der Waals surface area (Å²) in [7, 11) is -7.28. The van der Waals surface area contributed by atoms with Gasteiger partial charge in [0.1, 0.15) is 18.8 Å². The second kappa shape index (κ2) is 7.10. The zero-order valence-electron chi connectivity index (χ0n) is 15.6. The van der Waals surface area contributed by atoms with Gasteiger partial charge in [0.05, 0.1) is 11.5 Å². The van der Waals surface area contributed by atoms with E-state index in [9.17, 15) is 12.6 Å². The molecular formula is C17H27N3O3S3. The van der Waals surface area contributed by atoms with Crippen LogP contribution in [0.5, 0.6) is 0 Å². The molecule has 2 rings (SSSR count). The van der Waals surface area contributed by atoms with Gasteiger partial charge in [0, 0.05) is 0 Å². The Balaban J connectivity index is 2.72. The van der Waals surface area contributed by atoms with E-state index in [1.54, 1.807) is 38.1 Å². The molecule has 6 nitrogen and oxygen atoms in total. The van der Waals surface area contributed by atoms with E-state index in [1.165, 1.54) is 7.05 Å². The smallest absolute Gasteiger partial charge is 0.226 e. The molecule has 0 bridgehead atoms. The summed E-state index contributed by atoms with van der Waals surface area (Å²) in [5.74, 6) is -0.373. The molecule has 2 N–H and O–H groups in total. The van der Waals surface area contributed by atoms with Crippen LogP contribution in [0.3, 0.4) is 0 Å². The SMILES string of the molecule is CCCCS(=O)(=O)S(=O)(Cc1ccccc1)(NC)C1=NC(C)(C)C(=S)N1. The second-order valence-electron chi connectivity index (χ2n) is 6.91. The lowest BCUT2D eigenvalue weighted by molar-refractivity contribution is 0.597. The average Bonchev–Trinajstić information content (AvgIpc) is 2.88. The van der Waals surface area contributed by atoms with E-state index >= 15 is 0 Å². The van der Waals surface area contributed by atoms with Crippen LogP contribution in [-0.4, -0.2) is 41.1 Å². The number of benzene rings is 1. The summed E-state index contributed by atoms with van der Waals surface area (Å²) in [5, 5.41) is 2.78. The monoisotopic (exact) mass is 417 g/mol. The number of unbranched alkanes of at least 4 members (excludes halogenated alkanes) is 1. The quantitative estimate of drug-likeness (QED) is 0.525. The molecule has 1 aromatic rings. The first kappa shape index (κ1) is 21.1. The third kappa shape index (κ3) is 3.37. The summed E-state index contributed by atoms with van der Waals surface area (Å²) in [6.45, 7) is 5.43. The molecule has 9 heteroatoms. The molecule has 0 aliphatic carbocycles. The third-order valence-electron chi connectivity index (χ3n) is 4.52. The molecule has 0 amide bonds. The molecule has 1 aromatic carbocycles. The van der Waals surface area contributed by atoms with Crippen molar-refractivity contribution in [2.24, 2.45) is 4.99 Å². The molecule has 0 fully saturated rings. The topological polar surface area (TPSA) is 87.6 Å². The van der Waals surface area contributed by atoms with Gasteiger partial charge < -0.3 is 5.32 Å². The molecule has 0 spiro atoms. The zero-order valence-corrected chi connectivity index (χ0v) is 18.1. The molecule has 146 valence electrons. The van der Waals surface area contributed by atoms with E-state index < -0.39 is 22.7 Å². The van der Waals surface area contributed by atoms with Crippen molar-refractivity contribution in [1.29, 1.82) is 0 Å². The molecule has 1 aliphatic heterocycles. The van der Waals surface area contributed by atoms with E-state index in [4.69, 9.17) is 12.2 Å². The summed E-state index contributed by atoms with van der Waals surface area (Å²) >= 11 is 5.30. The molecule has 0 unspecified atom stereocenters. The Kier molecular flexibility index (Phi) is 5.78. The highest BCUT2D eigenvalue weighted by Crippen LogP contribution is 2.38. The minimum absolute atomic E-state index is 0.0699. The highest BCUT2D eigenvalue weighted by Gasteiger charge is 2.56. The van der Waals surface area contributed by atoms with Crippen LogP contribution in [0.4, 0.5) is 0 Å². The first-order chi connectivity index (χ1) is 12.0. The number of nitrogens with zero attached hydrogens (tertiary/aromatic N) is 1. The van der Waals surface area contributed by atoms with Crippen molar-refractivity contribution in [1.82, 2.24) is 10.0 Å². The van der Waals surface area contributed by atoms with Crippen LogP contribution in [-0.2, 0) is 22.9 Å². The molecule has 0 aromatic heterocycles. The van der Waals surface area contributed by atoms with E-state index in [0.717, 1.165) is 0 Å². The van der Waals surface area contributed by atoms with Gasteiger partial charge in [-0.1, -0.05) is 55.9 Å². The van der Waals surface area contributed by atoms with Crippen LogP contribution in [0.25, 0.3) is 0 Å². The average molecular weight is 418 g/mol. The van der Waals surface area contributed by atoms with Crippen LogP contribution < -0.4 is 10.0 Å². The number of aliphatic imine (C=N–C) groups is 1. The Morgan fingerprint density at radius 3 is 2.35 bits per heavy atom. The number of amidine groups is 1. The van der Waals surface area contributed by atoms with Crippen molar-refractivity contribution in [3.63, 3.8) is 0 Å². The fraction of sp³-hybridized carbons (Fsp3) is 0.529. The predicted molar refractivity (Wildman–Crippen MR) is 113 cm³/mol. The number of hydrogen-bond donors (Lipinski definition) is 2. The molecular weight excluding hydrogens is 390 g/mol. The van der Waals surface area contributed by atoms with Crippen LogP contribution >= 0.6 is 12.2 Å². The van der Waals surface area contributed by atoms with Crippen molar-refractivity contribution < 1.29 is 12.6 Å². The van der Waals surface area contributed by atoms with Gasteiger partial charge in [-0.05, 0) is 32.9 Å². The number of hydrogen-bond acceptors (Lipinski definition) is 5. The number of nitrogens with one attached hydrogen (secondary N) is 2. The lowest BCUT2D eigenvalue weighted by atomic mass is 10.1. The zero-order chi connectivity index (χ0) is 19.7. The van der Waals surface area contributed by atoms with Gasteiger partial charge >= 0.3 is 0 Å². The number of thiocarbonyl (C=S) groups is 1. The minimum atomic E-state index is -4.63. The van der Waals surface area contributed by atoms with Gasteiger partial charge in [-0.2, -0.15) is 0 Å². The summed E-state index contributed by atoms with van der Waals surface area (Å²) < 4.78 is 44.0. The van der Waals surface area contributed by atoms with Gasteiger partial charge in [0.25, 0.3) is 0 Å². The highest BCUT2D eigenvalue weighted by atomic mass is 33.2. The first-order valence-corrected chi connectivity index (χ1v) is 13.2. The van der Waals surface area contributed by atoms with Gasteiger partial charge in [-0.25, -0.2) is 22.3 Å². The van der Waals surface area contributed by atoms with Gasteiger partial charge in [0.2, 0.25) is 8.87 Å². The lowest BCUT2D eigenvalue weighted by Crippen LogP contribution is -2.62. The van der Waals surface area contributed by atoms with E-state index in [2.05, 4.69) is 15.0 Å². The molecule has 1 heterocycles. The molecule has 26 heavy (non-hydrogen) atoms. The molecule has 0 radical (unpaired) electrons. The first-order valence-electron chi connectivity index (χ1n) is 8.52. The van der Waals surface area contributed by atoms with Crippen LogP contribution in [0.2, 0.25) is 0 Å². The normalized spacial score (nSPS) is 18.7. The van der Waals surface area contributed by atoms with Crippen LogP contribution in [0.15, 0.2) is 35.3 Å². The summed E-state index contributed by atoms with van der Waals surface area (Å²) in [6.07, 6.45) is 1.11. The van der Waals surface area contributed by atoms with Crippen molar-refractivity contribution in [3.8, 4) is 0 Å². The van der Waals surface area contributed by atoms with Crippen molar-refractivity contribution >= 4 is 39.5 Å². The molecule has 0 atom stereocenters. The van der Waals surface area contributed by atoms with E-state index in [1.807, 2.05) is 13.0 Å². The molecule has 1 aliphatic rings. The summed E-state index contributed by atoms with van der Waals surface area (Å²) in [5.41, 5.74) is -0.153. The van der Waals surface area contributed by atoms with Crippen molar-refractivity contribution in [2.45, 2.75) is 44.9 Å². The fourth-order valence-corrected chi connectivity index (χ4v) is 10.7. The summed E-state index contributed by atoms with van der Waals surface area (Å²) in [4.78, 5) is 4.81. The Hall–Kier alpha value is -1.16. The van der Waals surface area contributed by atoms with Gasteiger partial charge in [-0.3, -0.25) is 0 Å². The van der Waals surface area contributed by atoms with Crippen molar-refractivity contribution in [2.75, 3.05) is 12.8 Å². The standard InChI is InChI=1S/C17H27N3O3S3/c1-5-6-12-25(21,22)26(23,18-4,13-14-10-8-7-9-11-14)16-19-15(24)17(2,3)20-16/h7-11H,5-6,12-13H2,1-4H3,(H,18,23)(H,19,20,24). The maximum Gasteiger partial charge on any atom is 0.226 e. The number of rotatable bonds is 7. The predicted octanol–water partition coefficient (Wildman–Crippen LogP) is 2.34. The maximum atomic E-state index is 14.5. The Morgan fingerprint density at radius 2 is 1.88 bits per heavy atom. The maximum absolute atomic E-state index is 14.5. The van der Waals surface area contributed by atoms with Gasteiger partial charge in [-0.15, -0.1) is 0 Å². The Morgan fingerprint density at radius 1 is 1.27 bits per heavy atom. The fourth-order valence-electron chi connectivity index (χ4n) is 2.73. The lowest BCUT2D eigenvalue weighted by Gasteiger charge is -2.40. The molecule has 0 saturated carbocycles. The van der Waals surface area contributed by atoms with Crippen molar-refractivity contribution in [3.05, 3.63) is 35.9 Å². The Labute approximate surface area is 160 Å². The second-order valence-corrected chi connectivity index (χ2v) is 15.6. The Bertz CT molecular complexity index is 892. The van der Waals surface area contributed by atoms with E-state index in [0.29, 0.717) is 23.4 Å². The minimum Gasteiger partial charge on any atom is -0.325 e. The largest absolute Gasteiger partial charge is 0.325 e. The van der Waals surface area contributed by atoms with Crippen LogP contribution in [0.1, 0.15) is 39.2 Å². The highest BCUT2D eigenvalue weighted by molar-refractivity contribution is 8.86. The third-order valence-corrected chi connectivity index (χ3v) is 14.7. The van der Waals surface area contributed by atoms with Gasteiger partial charge in [0.15, 0.2) is 5.17 Å². The summed E-state index contributed by atoms with van der Waals surface area (Å²) in [6, 6.07) is 8.94. The van der Waals surface area contributed by atoms with E-state index in [-0.39, 0.29) is 16.7 Å². The molecule has 0 saturated heterocycles.